The second-order valence-electron chi connectivity index (χ2n) is 6.85. The molecule has 0 bridgehead atoms. The van der Waals surface area contributed by atoms with Crippen molar-refractivity contribution in [2.75, 3.05) is 19.6 Å². The monoisotopic (exact) mass is 252 g/mol. The van der Waals surface area contributed by atoms with E-state index in [1.165, 1.54) is 58.2 Å². The summed E-state index contributed by atoms with van der Waals surface area (Å²) >= 11 is 0. The van der Waals surface area contributed by atoms with Crippen LogP contribution in [0, 0.1) is 5.92 Å². The summed E-state index contributed by atoms with van der Waals surface area (Å²) in [5.74, 6) is 1.05. The molecule has 2 aliphatic rings. The summed E-state index contributed by atoms with van der Waals surface area (Å²) < 4.78 is 0. The SMILES string of the molecule is CCC1(C)CN(CCC2CC2)C(CC)(CC)CN1. The van der Waals surface area contributed by atoms with E-state index in [-0.39, 0.29) is 0 Å². The third kappa shape index (κ3) is 2.91. The van der Waals surface area contributed by atoms with E-state index >= 15 is 0 Å². The highest BCUT2D eigenvalue weighted by atomic mass is 15.3. The Balaban J connectivity index is 2.03. The van der Waals surface area contributed by atoms with Gasteiger partial charge in [-0.2, -0.15) is 0 Å². The first-order chi connectivity index (χ1) is 8.57. The molecular formula is C16H32N2. The average Bonchev–Trinajstić information content (AvgIpc) is 3.21. The van der Waals surface area contributed by atoms with Gasteiger partial charge in [-0.3, -0.25) is 4.90 Å². The molecule has 1 aliphatic heterocycles. The van der Waals surface area contributed by atoms with Gasteiger partial charge in [0.1, 0.15) is 0 Å². The van der Waals surface area contributed by atoms with Crippen molar-refractivity contribution in [3.63, 3.8) is 0 Å². The Labute approximate surface area is 114 Å². The van der Waals surface area contributed by atoms with Crippen LogP contribution in [0.2, 0.25) is 0 Å². The zero-order valence-corrected chi connectivity index (χ0v) is 12.9. The summed E-state index contributed by atoms with van der Waals surface area (Å²) in [6.07, 6.45) is 8.20. The van der Waals surface area contributed by atoms with E-state index in [9.17, 15) is 0 Å². The van der Waals surface area contributed by atoms with Gasteiger partial charge in [-0.05, 0) is 45.1 Å². The Morgan fingerprint density at radius 2 is 1.78 bits per heavy atom. The molecule has 106 valence electrons. The summed E-state index contributed by atoms with van der Waals surface area (Å²) in [5, 5.41) is 3.83. The summed E-state index contributed by atoms with van der Waals surface area (Å²) in [7, 11) is 0. The predicted octanol–water partition coefficient (Wildman–Crippen LogP) is 3.42. The lowest BCUT2D eigenvalue weighted by Gasteiger charge is -2.53. The Hall–Kier alpha value is -0.0800. The molecule has 0 spiro atoms. The molecule has 0 radical (unpaired) electrons. The van der Waals surface area contributed by atoms with E-state index in [0.717, 1.165) is 5.92 Å². The van der Waals surface area contributed by atoms with E-state index in [1.54, 1.807) is 0 Å². The fourth-order valence-corrected chi connectivity index (χ4v) is 3.38. The van der Waals surface area contributed by atoms with Crippen molar-refractivity contribution in [1.29, 1.82) is 0 Å². The average molecular weight is 252 g/mol. The molecule has 1 N–H and O–H groups in total. The minimum Gasteiger partial charge on any atom is -0.308 e. The lowest BCUT2D eigenvalue weighted by molar-refractivity contribution is 0.000719. The van der Waals surface area contributed by atoms with Crippen LogP contribution in [0.5, 0.6) is 0 Å². The van der Waals surface area contributed by atoms with Crippen LogP contribution in [0.4, 0.5) is 0 Å². The second kappa shape index (κ2) is 5.50. The molecule has 0 aromatic carbocycles. The summed E-state index contributed by atoms with van der Waals surface area (Å²) in [6, 6.07) is 0. The van der Waals surface area contributed by atoms with Gasteiger partial charge in [0.05, 0.1) is 0 Å². The highest BCUT2D eigenvalue weighted by Crippen LogP contribution is 2.36. The highest BCUT2D eigenvalue weighted by Gasteiger charge is 2.42. The molecule has 1 aliphatic carbocycles. The van der Waals surface area contributed by atoms with E-state index in [1.807, 2.05) is 0 Å². The van der Waals surface area contributed by atoms with Gasteiger partial charge in [0.25, 0.3) is 0 Å². The third-order valence-corrected chi connectivity index (χ3v) is 5.66. The maximum Gasteiger partial charge on any atom is 0.0329 e. The number of rotatable bonds is 6. The Morgan fingerprint density at radius 3 is 2.28 bits per heavy atom. The molecule has 1 saturated heterocycles. The molecule has 0 aromatic rings. The molecule has 2 heteroatoms. The first-order valence-electron chi connectivity index (χ1n) is 8.07. The molecule has 2 nitrogen and oxygen atoms in total. The van der Waals surface area contributed by atoms with Gasteiger partial charge < -0.3 is 5.32 Å². The molecule has 1 unspecified atom stereocenters. The minimum absolute atomic E-state index is 0.331. The number of hydrogen-bond acceptors (Lipinski definition) is 2. The first-order valence-corrected chi connectivity index (χ1v) is 8.07. The van der Waals surface area contributed by atoms with Crippen molar-refractivity contribution < 1.29 is 0 Å². The van der Waals surface area contributed by atoms with Crippen molar-refractivity contribution in [3.8, 4) is 0 Å². The van der Waals surface area contributed by atoms with E-state index < -0.39 is 0 Å². The van der Waals surface area contributed by atoms with Crippen molar-refractivity contribution in [2.24, 2.45) is 5.92 Å². The van der Waals surface area contributed by atoms with E-state index in [0.29, 0.717) is 11.1 Å². The van der Waals surface area contributed by atoms with Crippen LogP contribution in [0.1, 0.15) is 66.2 Å². The minimum atomic E-state index is 0.331. The number of hydrogen-bond donors (Lipinski definition) is 1. The molecule has 18 heavy (non-hydrogen) atoms. The quantitative estimate of drug-likeness (QED) is 0.779. The fraction of sp³-hybridized carbons (Fsp3) is 1.00. The second-order valence-corrected chi connectivity index (χ2v) is 6.85. The molecule has 0 aromatic heterocycles. The fourth-order valence-electron chi connectivity index (χ4n) is 3.38. The molecule has 2 fully saturated rings. The zero-order valence-electron chi connectivity index (χ0n) is 12.9. The van der Waals surface area contributed by atoms with Crippen LogP contribution in [0.3, 0.4) is 0 Å². The van der Waals surface area contributed by atoms with Crippen LogP contribution < -0.4 is 5.32 Å². The maximum absolute atomic E-state index is 3.83. The normalized spacial score (nSPS) is 32.7. The molecule has 2 rings (SSSR count). The van der Waals surface area contributed by atoms with Crippen molar-refractivity contribution in [2.45, 2.75) is 77.3 Å². The molecule has 0 amide bonds. The Morgan fingerprint density at radius 1 is 1.11 bits per heavy atom. The van der Waals surface area contributed by atoms with Gasteiger partial charge in [0.15, 0.2) is 0 Å². The molecule has 1 saturated carbocycles. The smallest absolute Gasteiger partial charge is 0.0329 e. The largest absolute Gasteiger partial charge is 0.308 e. The van der Waals surface area contributed by atoms with Gasteiger partial charge in [-0.15, -0.1) is 0 Å². The van der Waals surface area contributed by atoms with Gasteiger partial charge in [0.2, 0.25) is 0 Å². The van der Waals surface area contributed by atoms with Crippen molar-refractivity contribution in [3.05, 3.63) is 0 Å². The third-order valence-electron chi connectivity index (χ3n) is 5.66. The maximum atomic E-state index is 3.83. The van der Waals surface area contributed by atoms with E-state index in [2.05, 4.69) is 37.9 Å². The van der Waals surface area contributed by atoms with E-state index in [4.69, 9.17) is 0 Å². The lowest BCUT2D eigenvalue weighted by atomic mass is 9.82. The van der Waals surface area contributed by atoms with Crippen LogP contribution in [-0.2, 0) is 0 Å². The van der Waals surface area contributed by atoms with Crippen LogP contribution in [-0.4, -0.2) is 35.6 Å². The predicted molar refractivity (Wildman–Crippen MR) is 78.9 cm³/mol. The van der Waals surface area contributed by atoms with Gasteiger partial charge in [-0.25, -0.2) is 0 Å². The summed E-state index contributed by atoms with van der Waals surface area (Å²) in [4.78, 5) is 2.82. The summed E-state index contributed by atoms with van der Waals surface area (Å²) in [6.45, 7) is 13.2. The number of nitrogens with one attached hydrogen (secondary N) is 1. The number of piperazine rings is 1. The van der Waals surface area contributed by atoms with Crippen LogP contribution in [0.25, 0.3) is 0 Å². The lowest BCUT2D eigenvalue weighted by Crippen LogP contribution is -2.68. The molecule has 1 heterocycles. The topological polar surface area (TPSA) is 15.3 Å². The first kappa shape index (κ1) is 14.3. The van der Waals surface area contributed by atoms with Crippen molar-refractivity contribution in [1.82, 2.24) is 10.2 Å². The van der Waals surface area contributed by atoms with Crippen LogP contribution >= 0.6 is 0 Å². The molecular weight excluding hydrogens is 220 g/mol. The van der Waals surface area contributed by atoms with Gasteiger partial charge in [0, 0.05) is 24.2 Å². The van der Waals surface area contributed by atoms with Gasteiger partial charge in [-0.1, -0.05) is 33.6 Å². The molecule has 1 atom stereocenters. The zero-order chi connectivity index (χ0) is 13.2. The standard InChI is InChI=1S/C16H32N2/c1-5-15(4)13-18(11-10-14-8-9-14)16(6-2,7-3)12-17-15/h14,17H,5-13H2,1-4H3. The Bertz CT molecular complexity index is 268. The summed E-state index contributed by atoms with van der Waals surface area (Å²) in [5.41, 5.74) is 0.751. The highest BCUT2D eigenvalue weighted by molar-refractivity contribution is 5.02. The number of nitrogens with zero attached hydrogens (tertiary/aromatic N) is 1. The van der Waals surface area contributed by atoms with Crippen molar-refractivity contribution >= 4 is 0 Å². The van der Waals surface area contributed by atoms with Crippen LogP contribution in [0.15, 0.2) is 0 Å². The Kier molecular flexibility index (Phi) is 4.38. The van der Waals surface area contributed by atoms with Gasteiger partial charge >= 0.3 is 0 Å².